The third-order valence-corrected chi connectivity index (χ3v) is 5.89. The van der Waals surface area contributed by atoms with E-state index < -0.39 is 6.55 Å². The number of alkyl halides is 2. The third kappa shape index (κ3) is 2.93. The number of halogens is 2. The number of fused-ring (bicyclic) bond motifs is 3. The highest BCUT2D eigenvalue weighted by molar-refractivity contribution is 5.79. The summed E-state index contributed by atoms with van der Waals surface area (Å²) in [5, 5.41) is 7.98. The van der Waals surface area contributed by atoms with Crippen molar-refractivity contribution in [3.05, 3.63) is 31.0 Å². The SMILES string of the molecule is CCC(=O)N1C2CCC1CN(c1ncnn3cc(-c4cnn(C(F)F)c4)cc13)C2. The molecule has 2 atom stereocenters. The summed E-state index contributed by atoms with van der Waals surface area (Å²) in [4.78, 5) is 21.1. The van der Waals surface area contributed by atoms with Crippen LogP contribution in [0.25, 0.3) is 16.6 Å². The molecule has 8 nitrogen and oxygen atoms in total. The van der Waals surface area contributed by atoms with Crippen LogP contribution in [0, 0.1) is 0 Å². The predicted molar refractivity (Wildman–Crippen MR) is 102 cm³/mol. The van der Waals surface area contributed by atoms with Crippen molar-refractivity contribution in [1.82, 2.24) is 29.3 Å². The fraction of sp³-hybridized carbons (Fsp3) is 0.474. The van der Waals surface area contributed by atoms with E-state index in [-0.39, 0.29) is 18.0 Å². The molecule has 0 radical (unpaired) electrons. The Balaban J connectivity index is 1.47. The van der Waals surface area contributed by atoms with E-state index in [1.165, 1.54) is 18.7 Å². The summed E-state index contributed by atoms with van der Waals surface area (Å²) >= 11 is 0. The lowest BCUT2D eigenvalue weighted by atomic mass is 10.1. The monoisotopic (exact) mass is 401 g/mol. The fourth-order valence-electron chi connectivity index (χ4n) is 4.58. The minimum Gasteiger partial charge on any atom is -0.351 e. The molecule has 3 aromatic rings. The van der Waals surface area contributed by atoms with Crippen LogP contribution in [0.15, 0.2) is 31.0 Å². The molecule has 0 N–H and O–H groups in total. The van der Waals surface area contributed by atoms with Crippen molar-refractivity contribution in [3.63, 3.8) is 0 Å². The van der Waals surface area contributed by atoms with E-state index in [2.05, 4.69) is 25.0 Å². The smallest absolute Gasteiger partial charge is 0.333 e. The molecule has 0 aliphatic carbocycles. The molecule has 2 bridgehead atoms. The number of hydrogen-bond acceptors (Lipinski definition) is 5. The maximum Gasteiger partial charge on any atom is 0.333 e. The van der Waals surface area contributed by atoms with Crippen molar-refractivity contribution in [2.24, 2.45) is 0 Å². The number of nitrogens with zero attached hydrogens (tertiary/aromatic N) is 7. The first kappa shape index (κ1) is 18.0. The van der Waals surface area contributed by atoms with E-state index in [4.69, 9.17) is 0 Å². The molecular weight excluding hydrogens is 380 g/mol. The quantitative estimate of drug-likeness (QED) is 0.672. The number of carbonyl (C=O) groups is 1. The first-order valence-electron chi connectivity index (χ1n) is 9.77. The van der Waals surface area contributed by atoms with E-state index in [0.29, 0.717) is 16.7 Å². The number of amides is 1. The van der Waals surface area contributed by atoms with Gasteiger partial charge in [0.25, 0.3) is 0 Å². The highest BCUT2D eigenvalue weighted by Gasteiger charge is 2.42. The van der Waals surface area contributed by atoms with Gasteiger partial charge in [0.15, 0.2) is 5.82 Å². The van der Waals surface area contributed by atoms with Gasteiger partial charge < -0.3 is 9.80 Å². The van der Waals surface area contributed by atoms with Crippen molar-refractivity contribution in [2.45, 2.75) is 44.8 Å². The summed E-state index contributed by atoms with van der Waals surface area (Å²) in [6.07, 6.45) is 8.57. The van der Waals surface area contributed by atoms with Gasteiger partial charge in [-0.1, -0.05) is 6.92 Å². The molecule has 2 aliphatic heterocycles. The van der Waals surface area contributed by atoms with E-state index in [0.717, 1.165) is 42.8 Å². The van der Waals surface area contributed by atoms with Crippen LogP contribution >= 0.6 is 0 Å². The molecule has 29 heavy (non-hydrogen) atoms. The van der Waals surface area contributed by atoms with E-state index in [1.807, 2.05) is 13.0 Å². The lowest BCUT2D eigenvalue weighted by Crippen LogP contribution is -2.56. The van der Waals surface area contributed by atoms with Crippen LogP contribution in [0.3, 0.4) is 0 Å². The van der Waals surface area contributed by atoms with Gasteiger partial charge in [-0.3, -0.25) is 4.79 Å². The summed E-state index contributed by atoms with van der Waals surface area (Å²) in [5.41, 5.74) is 2.16. The van der Waals surface area contributed by atoms with Crippen LogP contribution in [-0.4, -0.2) is 60.4 Å². The second kappa shape index (κ2) is 6.78. The molecule has 2 saturated heterocycles. The molecule has 3 aromatic heterocycles. The van der Waals surface area contributed by atoms with Crippen LogP contribution in [0.2, 0.25) is 0 Å². The predicted octanol–water partition coefficient (Wildman–Crippen LogP) is 2.58. The Hall–Kier alpha value is -3.04. The Labute approximate surface area is 165 Å². The highest BCUT2D eigenvalue weighted by atomic mass is 19.3. The molecule has 2 unspecified atom stereocenters. The lowest BCUT2D eigenvalue weighted by molar-refractivity contribution is -0.134. The van der Waals surface area contributed by atoms with Crippen molar-refractivity contribution in [3.8, 4) is 11.1 Å². The van der Waals surface area contributed by atoms with Gasteiger partial charge in [0.05, 0.1) is 6.20 Å². The second-order valence-electron chi connectivity index (χ2n) is 7.57. The number of carbonyl (C=O) groups excluding carboxylic acids is 1. The molecule has 2 aliphatic rings. The van der Waals surface area contributed by atoms with E-state index >= 15 is 0 Å². The van der Waals surface area contributed by atoms with Gasteiger partial charge in [0.2, 0.25) is 5.91 Å². The van der Waals surface area contributed by atoms with Crippen LogP contribution in [-0.2, 0) is 4.79 Å². The third-order valence-electron chi connectivity index (χ3n) is 5.89. The van der Waals surface area contributed by atoms with Gasteiger partial charge in [-0.25, -0.2) is 14.2 Å². The van der Waals surface area contributed by atoms with Crippen LogP contribution in [0.1, 0.15) is 32.7 Å². The van der Waals surface area contributed by atoms with Crippen LogP contribution in [0.5, 0.6) is 0 Å². The van der Waals surface area contributed by atoms with E-state index in [1.54, 1.807) is 10.7 Å². The molecule has 5 rings (SSSR count). The van der Waals surface area contributed by atoms with Gasteiger partial charge in [-0.2, -0.15) is 19.0 Å². The standard InChI is InChI=1S/C19H21F2N7O/c1-2-17(29)28-14-3-4-15(28)10-25(9-14)18-16-5-12(7-26(16)24-11-22-18)13-6-23-27(8-13)19(20)21/h5-8,11,14-15,19H,2-4,9-10H2,1H3. The Morgan fingerprint density at radius 2 is 1.93 bits per heavy atom. The van der Waals surface area contributed by atoms with Gasteiger partial charge in [0.1, 0.15) is 11.8 Å². The zero-order valence-electron chi connectivity index (χ0n) is 15.9. The van der Waals surface area contributed by atoms with Crippen molar-refractivity contribution in [2.75, 3.05) is 18.0 Å². The van der Waals surface area contributed by atoms with Gasteiger partial charge >= 0.3 is 6.55 Å². The number of aromatic nitrogens is 5. The van der Waals surface area contributed by atoms with Gasteiger partial charge in [-0.15, -0.1) is 0 Å². The number of piperazine rings is 1. The number of anilines is 1. The first-order valence-corrected chi connectivity index (χ1v) is 9.77. The summed E-state index contributed by atoms with van der Waals surface area (Å²) in [6.45, 7) is 0.700. The van der Waals surface area contributed by atoms with Gasteiger partial charge in [-0.05, 0) is 18.9 Å². The Morgan fingerprint density at radius 1 is 1.17 bits per heavy atom. The molecule has 10 heteroatoms. The largest absolute Gasteiger partial charge is 0.351 e. The molecule has 0 saturated carbocycles. The summed E-state index contributed by atoms with van der Waals surface area (Å²) in [7, 11) is 0. The topological polar surface area (TPSA) is 71.6 Å². The normalized spacial score (nSPS) is 21.5. The molecule has 5 heterocycles. The van der Waals surface area contributed by atoms with Crippen molar-refractivity contribution >= 4 is 17.2 Å². The molecule has 0 aromatic carbocycles. The Kier molecular flexibility index (Phi) is 4.21. The molecule has 152 valence electrons. The van der Waals surface area contributed by atoms with Crippen molar-refractivity contribution in [1.29, 1.82) is 0 Å². The fourth-order valence-corrected chi connectivity index (χ4v) is 4.58. The average Bonchev–Trinajstić information content (AvgIpc) is 3.42. The Bertz CT molecular complexity index is 1050. The van der Waals surface area contributed by atoms with E-state index in [9.17, 15) is 13.6 Å². The molecule has 1 amide bonds. The molecular formula is C19H21F2N7O. The molecule has 0 spiro atoms. The minimum atomic E-state index is -2.67. The number of hydrogen-bond donors (Lipinski definition) is 0. The zero-order valence-corrected chi connectivity index (χ0v) is 15.9. The van der Waals surface area contributed by atoms with Crippen LogP contribution < -0.4 is 4.90 Å². The first-order chi connectivity index (χ1) is 14.0. The maximum absolute atomic E-state index is 12.8. The Morgan fingerprint density at radius 3 is 2.59 bits per heavy atom. The summed E-state index contributed by atoms with van der Waals surface area (Å²) in [5.74, 6) is 1.01. The lowest BCUT2D eigenvalue weighted by Gasteiger charge is -2.41. The van der Waals surface area contributed by atoms with Crippen LogP contribution in [0.4, 0.5) is 14.6 Å². The average molecular weight is 401 g/mol. The maximum atomic E-state index is 12.8. The highest BCUT2D eigenvalue weighted by Crippen LogP contribution is 2.34. The molecule has 2 fully saturated rings. The number of rotatable bonds is 4. The zero-order chi connectivity index (χ0) is 20.1. The summed E-state index contributed by atoms with van der Waals surface area (Å²) < 4.78 is 28.0. The minimum absolute atomic E-state index is 0.204. The van der Waals surface area contributed by atoms with Gasteiger partial charge in [0, 0.05) is 55.1 Å². The summed E-state index contributed by atoms with van der Waals surface area (Å²) in [6, 6.07) is 2.30. The van der Waals surface area contributed by atoms with Crippen molar-refractivity contribution < 1.29 is 13.6 Å². The second-order valence-corrected chi connectivity index (χ2v) is 7.57.